The van der Waals surface area contributed by atoms with Gasteiger partial charge in [0.2, 0.25) is 11.8 Å². The highest BCUT2D eigenvalue weighted by molar-refractivity contribution is 5.83. The van der Waals surface area contributed by atoms with Gasteiger partial charge in [-0.25, -0.2) is 4.79 Å². The Morgan fingerprint density at radius 1 is 0.978 bits per heavy atom. The third kappa shape index (κ3) is 14.3. The molecule has 4 atom stereocenters. The first-order valence-electron chi connectivity index (χ1n) is 16.4. The number of benzene rings is 1. The molecule has 0 saturated carbocycles. The van der Waals surface area contributed by atoms with Crippen LogP contribution in [-0.4, -0.2) is 61.0 Å². The van der Waals surface area contributed by atoms with Crippen molar-refractivity contribution < 1.29 is 33.7 Å². The Kier molecular flexibility index (Phi) is 16.2. The lowest BCUT2D eigenvalue weighted by Crippen LogP contribution is -2.49. The lowest BCUT2D eigenvalue weighted by molar-refractivity contribution is -0.130. The van der Waals surface area contributed by atoms with Crippen LogP contribution in [0.4, 0.5) is 4.79 Å². The van der Waals surface area contributed by atoms with Gasteiger partial charge in [0.1, 0.15) is 5.60 Å². The van der Waals surface area contributed by atoms with Crippen LogP contribution in [0.5, 0.6) is 11.5 Å². The molecule has 0 aliphatic carbocycles. The van der Waals surface area contributed by atoms with E-state index in [9.17, 15) is 19.5 Å². The Labute approximate surface area is 271 Å². The van der Waals surface area contributed by atoms with Gasteiger partial charge >= 0.3 is 6.09 Å². The average molecular weight is 636 g/mol. The number of ether oxygens (including phenoxy) is 3. The summed E-state index contributed by atoms with van der Waals surface area (Å²) < 4.78 is 17.1. The van der Waals surface area contributed by atoms with Crippen molar-refractivity contribution in [3.8, 4) is 11.5 Å². The lowest BCUT2D eigenvalue weighted by Gasteiger charge is -2.33. The highest BCUT2D eigenvalue weighted by Gasteiger charge is 2.34. The minimum Gasteiger partial charge on any atom is -0.493 e. The van der Waals surface area contributed by atoms with E-state index in [4.69, 9.17) is 19.9 Å². The Hall–Kier alpha value is -3.01. The largest absolute Gasteiger partial charge is 0.493 e. The molecule has 0 spiro atoms. The molecule has 1 aromatic carbocycles. The molecule has 5 N–H and O–H groups in total. The first-order valence-corrected chi connectivity index (χ1v) is 16.4. The van der Waals surface area contributed by atoms with E-state index >= 15 is 0 Å². The van der Waals surface area contributed by atoms with Gasteiger partial charge < -0.3 is 35.7 Å². The number of carbonyl (C=O) groups excluding carboxylic acids is 3. The van der Waals surface area contributed by atoms with Crippen molar-refractivity contribution in [1.82, 2.24) is 10.6 Å². The minimum absolute atomic E-state index is 0.0687. The number of aliphatic hydroxyl groups is 1. The van der Waals surface area contributed by atoms with E-state index in [1.807, 2.05) is 32.0 Å². The summed E-state index contributed by atoms with van der Waals surface area (Å²) in [5.41, 5.74) is 4.91. The van der Waals surface area contributed by atoms with Crippen LogP contribution < -0.4 is 25.8 Å². The maximum absolute atomic E-state index is 13.3. The molecule has 0 heterocycles. The second-order valence-electron chi connectivity index (χ2n) is 14.5. The van der Waals surface area contributed by atoms with Gasteiger partial charge in [-0.05, 0) is 95.8 Å². The zero-order valence-electron chi connectivity index (χ0n) is 29.6. The van der Waals surface area contributed by atoms with Crippen LogP contribution in [0.15, 0.2) is 18.2 Å². The topological polar surface area (TPSA) is 149 Å². The van der Waals surface area contributed by atoms with Crippen molar-refractivity contribution in [3.63, 3.8) is 0 Å². The number of nitrogens with one attached hydrogen (secondary N) is 2. The quantitative estimate of drug-likeness (QED) is 0.144. The molecule has 3 amide bonds. The summed E-state index contributed by atoms with van der Waals surface area (Å²) in [7, 11) is 1.62. The first-order chi connectivity index (χ1) is 20.8. The smallest absolute Gasteiger partial charge is 0.407 e. The van der Waals surface area contributed by atoms with Crippen molar-refractivity contribution in [3.05, 3.63) is 23.8 Å². The molecule has 258 valence electrons. The van der Waals surface area contributed by atoms with Gasteiger partial charge in [-0.15, -0.1) is 0 Å². The van der Waals surface area contributed by atoms with Crippen molar-refractivity contribution in [2.24, 2.45) is 34.8 Å². The van der Waals surface area contributed by atoms with Gasteiger partial charge in [0.15, 0.2) is 11.5 Å². The van der Waals surface area contributed by atoms with Crippen LogP contribution in [0, 0.1) is 29.1 Å². The molecule has 45 heavy (non-hydrogen) atoms. The van der Waals surface area contributed by atoms with E-state index in [1.54, 1.807) is 41.7 Å². The van der Waals surface area contributed by atoms with Gasteiger partial charge in [-0.1, -0.05) is 47.1 Å². The number of alkyl carbamates (subject to hydrolysis) is 1. The number of carbonyl (C=O) groups is 3. The van der Waals surface area contributed by atoms with Crippen molar-refractivity contribution in [1.29, 1.82) is 0 Å². The van der Waals surface area contributed by atoms with Crippen LogP contribution in [0.3, 0.4) is 0 Å². The van der Waals surface area contributed by atoms with Gasteiger partial charge in [0.25, 0.3) is 0 Å². The van der Waals surface area contributed by atoms with Gasteiger partial charge in [-0.3, -0.25) is 9.59 Å². The van der Waals surface area contributed by atoms with E-state index in [0.717, 1.165) is 18.4 Å². The number of aliphatic hydroxyl groups excluding tert-OH is 1. The summed E-state index contributed by atoms with van der Waals surface area (Å²) >= 11 is 0. The summed E-state index contributed by atoms with van der Waals surface area (Å²) in [6.45, 7) is 19.5. The molecular formula is C35H61N3O7. The molecule has 0 fully saturated rings. The number of hydrogen-bond acceptors (Lipinski definition) is 7. The van der Waals surface area contributed by atoms with Crippen LogP contribution in [0.1, 0.15) is 100 Å². The molecule has 1 rings (SSSR count). The molecule has 0 aliphatic heterocycles. The maximum Gasteiger partial charge on any atom is 0.407 e. The summed E-state index contributed by atoms with van der Waals surface area (Å²) in [4.78, 5) is 38.0. The molecule has 1 aromatic rings. The Morgan fingerprint density at radius 2 is 1.62 bits per heavy atom. The molecule has 10 nitrogen and oxygen atoms in total. The van der Waals surface area contributed by atoms with Crippen molar-refractivity contribution in [2.75, 3.05) is 20.3 Å². The van der Waals surface area contributed by atoms with E-state index in [1.165, 1.54) is 0 Å². The fourth-order valence-electron chi connectivity index (χ4n) is 4.91. The zero-order chi connectivity index (χ0) is 34.5. The van der Waals surface area contributed by atoms with Gasteiger partial charge in [0, 0.05) is 12.5 Å². The number of primary amides is 1. The second kappa shape index (κ2) is 18.2. The fraction of sp³-hybridized carbons (Fsp3) is 0.743. The third-order valence-corrected chi connectivity index (χ3v) is 8.16. The van der Waals surface area contributed by atoms with E-state index in [0.29, 0.717) is 30.9 Å². The number of unbranched alkanes of at least 4 members (excludes halogenated alkanes) is 1. The van der Waals surface area contributed by atoms with E-state index < -0.39 is 41.1 Å². The SMILES string of the molecule is CCCCOc1cc(C[C@@H](C[C@H](NC(=O)OC(C)(C)C)[C@@H](O)C[C@H](C(=O)NCC(C)(C)C(N)=O)C(C)C)C(C)C)ccc1OC. The number of methoxy groups -OCH3 is 1. The molecule has 0 radical (unpaired) electrons. The van der Waals surface area contributed by atoms with Crippen LogP contribution in [-0.2, 0) is 20.7 Å². The van der Waals surface area contributed by atoms with E-state index in [2.05, 4.69) is 31.4 Å². The summed E-state index contributed by atoms with van der Waals surface area (Å²) in [6, 6.07) is 5.25. The molecule has 10 heteroatoms. The first kappa shape index (κ1) is 40.0. The molecule has 0 bridgehead atoms. The Bertz CT molecular complexity index is 1080. The van der Waals surface area contributed by atoms with Gasteiger partial charge in [0.05, 0.1) is 31.3 Å². The standard InChI is InChI=1S/C35H61N3O7/c1-12-13-16-44-30-18-24(14-15-29(30)43-11)17-25(22(2)3)19-27(38-33(42)45-34(6,7)8)28(39)20-26(23(4)5)31(40)37-21-35(9,10)32(36)41/h14-15,18,22-23,25-28,39H,12-13,16-17,19-21H2,1-11H3,(H2,36,41)(H,37,40)(H,38,42)/t25-,26-,27-,28-/m0/s1. The third-order valence-electron chi connectivity index (χ3n) is 8.16. The molecule has 0 unspecified atom stereocenters. The van der Waals surface area contributed by atoms with Crippen LogP contribution >= 0.6 is 0 Å². The lowest BCUT2D eigenvalue weighted by atomic mass is 9.80. The van der Waals surface area contributed by atoms with Crippen molar-refractivity contribution in [2.45, 2.75) is 119 Å². The maximum atomic E-state index is 13.3. The molecule has 0 aromatic heterocycles. The summed E-state index contributed by atoms with van der Waals surface area (Å²) in [6.07, 6.45) is 1.55. The predicted octanol–water partition coefficient (Wildman–Crippen LogP) is 5.62. The Balaban J connectivity index is 3.27. The highest BCUT2D eigenvalue weighted by atomic mass is 16.6. The highest BCUT2D eigenvalue weighted by Crippen LogP contribution is 2.32. The van der Waals surface area contributed by atoms with Gasteiger partial charge in [-0.2, -0.15) is 0 Å². The van der Waals surface area contributed by atoms with Crippen LogP contribution in [0.25, 0.3) is 0 Å². The minimum atomic E-state index is -1.04. The normalized spacial score (nSPS) is 14.8. The number of hydrogen-bond donors (Lipinski definition) is 4. The monoisotopic (exact) mass is 635 g/mol. The van der Waals surface area contributed by atoms with Crippen LogP contribution in [0.2, 0.25) is 0 Å². The average Bonchev–Trinajstić information content (AvgIpc) is 2.92. The predicted molar refractivity (Wildman–Crippen MR) is 178 cm³/mol. The fourth-order valence-corrected chi connectivity index (χ4v) is 4.91. The zero-order valence-corrected chi connectivity index (χ0v) is 29.6. The second-order valence-corrected chi connectivity index (χ2v) is 14.5. The molecular weight excluding hydrogens is 574 g/mol. The van der Waals surface area contributed by atoms with E-state index in [-0.39, 0.29) is 36.6 Å². The molecule has 0 saturated heterocycles. The number of rotatable bonds is 19. The number of nitrogens with two attached hydrogens (primary N) is 1. The number of amides is 3. The van der Waals surface area contributed by atoms with Crippen molar-refractivity contribution >= 4 is 17.9 Å². The Morgan fingerprint density at radius 3 is 2.13 bits per heavy atom. The summed E-state index contributed by atoms with van der Waals surface area (Å²) in [5, 5.41) is 17.4. The summed E-state index contributed by atoms with van der Waals surface area (Å²) in [5.74, 6) is 0.197. The molecule has 0 aliphatic rings.